The lowest BCUT2D eigenvalue weighted by molar-refractivity contribution is 0.609. The predicted molar refractivity (Wildman–Crippen MR) is 49.6 cm³/mol. The van der Waals surface area contributed by atoms with Crippen LogP contribution in [0.5, 0.6) is 0 Å². The highest BCUT2D eigenvalue weighted by atomic mass is 14.9. The molecule has 0 heterocycles. The van der Waals surface area contributed by atoms with Gasteiger partial charge in [0.1, 0.15) is 0 Å². The minimum Gasteiger partial charge on any atom is -0.313 e. The van der Waals surface area contributed by atoms with Crippen molar-refractivity contribution in [3.8, 4) is 0 Å². The SMILES string of the molecule is CCCC1=CC=CCC1NC. The van der Waals surface area contributed by atoms with Gasteiger partial charge in [0.15, 0.2) is 0 Å². The third-order valence-electron chi connectivity index (χ3n) is 2.15. The Hall–Kier alpha value is -0.560. The number of hydrogen-bond acceptors (Lipinski definition) is 1. The molecule has 0 saturated heterocycles. The molecular formula is C10H17N. The third-order valence-corrected chi connectivity index (χ3v) is 2.15. The van der Waals surface area contributed by atoms with Gasteiger partial charge in [-0.3, -0.25) is 0 Å². The lowest BCUT2D eigenvalue weighted by atomic mass is 9.95. The summed E-state index contributed by atoms with van der Waals surface area (Å²) in [5.74, 6) is 0. The van der Waals surface area contributed by atoms with Crippen LogP contribution >= 0.6 is 0 Å². The third kappa shape index (κ3) is 2.19. The van der Waals surface area contributed by atoms with Gasteiger partial charge in [-0.25, -0.2) is 0 Å². The van der Waals surface area contributed by atoms with E-state index in [-0.39, 0.29) is 0 Å². The van der Waals surface area contributed by atoms with E-state index in [1.807, 2.05) is 7.05 Å². The molecule has 1 unspecified atom stereocenters. The van der Waals surface area contributed by atoms with Crippen LogP contribution in [0.2, 0.25) is 0 Å². The molecule has 1 rings (SSSR count). The smallest absolute Gasteiger partial charge is 0.0314 e. The molecule has 1 heteroatoms. The Kier molecular flexibility index (Phi) is 3.37. The van der Waals surface area contributed by atoms with Gasteiger partial charge in [0, 0.05) is 6.04 Å². The average Bonchev–Trinajstić information content (AvgIpc) is 2.06. The van der Waals surface area contributed by atoms with Gasteiger partial charge in [-0.15, -0.1) is 0 Å². The average molecular weight is 151 g/mol. The molecule has 0 aromatic carbocycles. The summed E-state index contributed by atoms with van der Waals surface area (Å²) in [5, 5.41) is 3.32. The van der Waals surface area contributed by atoms with Crippen LogP contribution in [0.15, 0.2) is 23.8 Å². The molecule has 0 aliphatic heterocycles. The van der Waals surface area contributed by atoms with E-state index >= 15 is 0 Å². The molecule has 1 aliphatic rings. The van der Waals surface area contributed by atoms with Gasteiger partial charge in [0.25, 0.3) is 0 Å². The second kappa shape index (κ2) is 4.35. The topological polar surface area (TPSA) is 12.0 Å². The van der Waals surface area contributed by atoms with Gasteiger partial charge in [0.2, 0.25) is 0 Å². The molecule has 0 amide bonds. The first-order chi connectivity index (χ1) is 5.38. The summed E-state index contributed by atoms with van der Waals surface area (Å²) in [4.78, 5) is 0. The van der Waals surface area contributed by atoms with Gasteiger partial charge >= 0.3 is 0 Å². The maximum atomic E-state index is 3.32. The van der Waals surface area contributed by atoms with E-state index in [9.17, 15) is 0 Å². The largest absolute Gasteiger partial charge is 0.313 e. The Bertz CT molecular complexity index is 168. The number of nitrogens with one attached hydrogen (secondary N) is 1. The van der Waals surface area contributed by atoms with Crippen LogP contribution in [0, 0.1) is 0 Å². The number of allylic oxidation sites excluding steroid dienone is 2. The molecule has 1 atom stereocenters. The van der Waals surface area contributed by atoms with Gasteiger partial charge in [-0.05, 0) is 19.9 Å². The first-order valence-corrected chi connectivity index (χ1v) is 4.41. The summed E-state index contributed by atoms with van der Waals surface area (Å²) >= 11 is 0. The number of likely N-dealkylation sites (N-methyl/N-ethyl adjacent to an activating group) is 1. The Morgan fingerprint density at radius 1 is 1.64 bits per heavy atom. The van der Waals surface area contributed by atoms with E-state index in [1.54, 1.807) is 5.57 Å². The van der Waals surface area contributed by atoms with Crippen molar-refractivity contribution in [1.82, 2.24) is 5.32 Å². The van der Waals surface area contributed by atoms with Gasteiger partial charge in [-0.2, -0.15) is 0 Å². The van der Waals surface area contributed by atoms with Crippen LogP contribution in [0.4, 0.5) is 0 Å². The zero-order chi connectivity index (χ0) is 8.10. The zero-order valence-electron chi connectivity index (χ0n) is 7.43. The molecule has 1 N–H and O–H groups in total. The van der Waals surface area contributed by atoms with Crippen molar-refractivity contribution >= 4 is 0 Å². The van der Waals surface area contributed by atoms with Gasteiger partial charge in [-0.1, -0.05) is 37.1 Å². The van der Waals surface area contributed by atoms with Crippen molar-refractivity contribution < 1.29 is 0 Å². The standard InChI is InChI=1S/C10H17N/c1-3-6-9-7-4-5-8-10(9)11-2/h4-5,7,10-11H,3,6,8H2,1-2H3. The van der Waals surface area contributed by atoms with E-state index in [0.29, 0.717) is 6.04 Å². The van der Waals surface area contributed by atoms with Crippen molar-refractivity contribution in [2.45, 2.75) is 32.2 Å². The van der Waals surface area contributed by atoms with E-state index in [4.69, 9.17) is 0 Å². The summed E-state index contributed by atoms with van der Waals surface area (Å²) in [6.45, 7) is 2.23. The molecule has 0 aromatic heterocycles. The first-order valence-electron chi connectivity index (χ1n) is 4.41. The molecule has 0 aromatic rings. The van der Waals surface area contributed by atoms with Gasteiger partial charge in [0.05, 0.1) is 0 Å². The Labute approximate surface area is 69.2 Å². The van der Waals surface area contributed by atoms with Crippen molar-refractivity contribution in [3.05, 3.63) is 23.8 Å². The molecule has 0 bridgehead atoms. The van der Waals surface area contributed by atoms with Crippen LogP contribution in [-0.2, 0) is 0 Å². The highest BCUT2D eigenvalue weighted by Gasteiger charge is 2.10. The van der Waals surface area contributed by atoms with E-state index < -0.39 is 0 Å². The fourth-order valence-corrected chi connectivity index (χ4v) is 1.52. The molecule has 1 nitrogen and oxygen atoms in total. The van der Waals surface area contributed by atoms with Crippen LogP contribution in [0.25, 0.3) is 0 Å². The molecule has 0 radical (unpaired) electrons. The van der Waals surface area contributed by atoms with E-state index in [0.717, 1.165) is 6.42 Å². The molecule has 0 fully saturated rings. The fraction of sp³-hybridized carbons (Fsp3) is 0.600. The Balaban J connectivity index is 2.55. The number of hydrogen-bond donors (Lipinski definition) is 1. The van der Waals surface area contributed by atoms with Crippen LogP contribution < -0.4 is 5.32 Å². The minimum atomic E-state index is 0.597. The van der Waals surface area contributed by atoms with E-state index in [1.165, 1.54) is 12.8 Å². The highest BCUT2D eigenvalue weighted by molar-refractivity contribution is 5.23. The lowest BCUT2D eigenvalue weighted by Crippen LogP contribution is -2.27. The Morgan fingerprint density at radius 2 is 2.45 bits per heavy atom. The zero-order valence-corrected chi connectivity index (χ0v) is 7.43. The summed E-state index contributed by atoms with van der Waals surface area (Å²) in [6.07, 6.45) is 10.3. The summed E-state index contributed by atoms with van der Waals surface area (Å²) in [5.41, 5.74) is 1.55. The molecular weight excluding hydrogens is 134 g/mol. The summed E-state index contributed by atoms with van der Waals surface area (Å²) in [6, 6.07) is 0.597. The van der Waals surface area contributed by atoms with E-state index in [2.05, 4.69) is 30.5 Å². The van der Waals surface area contributed by atoms with Gasteiger partial charge < -0.3 is 5.32 Å². The van der Waals surface area contributed by atoms with Crippen molar-refractivity contribution in [2.75, 3.05) is 7.05 Å². The maximum Gasteiger partial charge on any atom is 0.0314 e. The lowest BCUT2D eigenvalue weighted by Gasteiger charge is -2.20. The van der Waals surface area contributed by atoms with Crippen molar-refractivity contribution in [3.63, 3.8) is 0 Å². The van der Waals surface area contributed by atoms with Crippen LogP contribution in [-0.4, -0.2) is 13.1 Å². The maximum absolute atomic E-state index is 3.32. The molecule has 0 saturated carbocycles. The predicted octanol–water partition coefficient (Wildman–Crippen LogP) is 2.26. The molecule has 62 valence electrons. The van der Waals surface area contributed by atoms with Crippen LogP contribution in [0.3, 0.4) is 0 Å². The quantitative estimate of drug-likeness (QED) is 0.652. The molecule has 0 spiro atoms. The number of rotatable bonds is 3. The second-order valence-corrected chi connectivity index (χ2v) is 3.00. The molecule has 11 heavy (non-hydrogen) atoms. The molecule has 1 aliphatic carbocycles. The summed E-state index contributed by atoms with van der Waals surface area (Å²) < 4.78 is 0. The summed E-state index contributed by atoms with van der Waals surface area (Å²) in [7, 11) is 2.04. The minimum absolute atomic E-state index is 0.597. The van der Waals surface area contributed by atoms with Crippen molar-refractivity contribution in [2.24, 2.45) is 0 Å². The highest BCUT2D eigenvalue weighted by Crippen LogP contribution is 2.17. The second-order valence-electron chi connectivity index (χ2n) is 3.00. The van der Waals surface area contributed by atoms with Crippen LogP contribution in [0.1, 0.15) is 26.2 Å². The normalized spacial score (nSPS) is 23.5. The Morgan fingerprint density at radius 3 is 3.09 bits per heavy atom. The fourth-order valence-electron chi connectivity index (χ4n) is 1.52. The monoisotopic (exact) mass is 151 g/mol. The first kappa shape index (κ1) is 8.54. The van der Waals surface area contributed by atoms with Crippen molar-refractivity contribution in [1.29, 1.82) is 0 Å².